The van der Waals surface area contributed by atoms with Crippen LogP contribution in [0.3, 0.4) is 0 Å². The molecule has 0 atom stereocenters. The fourth-order valence-electron chi connectivity index (χ4n) is 5.49. The summed E-state index contributed by atoms with van der Waals surface area (Å²) in [7, 11) is 0. The van der Waals surface area contributed by atoms with Crippen LogP contribution in [0.15, 0.2) is 103 Å². The number of rotatable bonds is 1. The van der Waals surface area contributed by atoms with Gasteiger partial charge in [0, 0.05) is 0 Å². The summed E-state index contributed by atoms with van der Waals surface area (Å²) in [6, 6.07) is 35.3. The minimum absolute atomic E-state index is 0.327. The van der Waals surface area contributed by atoms with Gasteiger partial charge in [0.25, 0.3) is 0 Å². The van der Waals surface area contributed by atoms with Crippen molar-refractivity contribution in [2.75, 3.05) is 0 Å². The van der Waals surface area contributed by atoms with Crippen molar-refractivity contribution in [1.29, 1.82) is 0 Å². The molecule has 2 heteroatoms. The third-order valence-electron chi connectivity index (χ3n) is 7.25. The normalized spacial score (nSPS) is 12.9. The van der Waals surface area contributed by atoms with Crippen LogP contribution in [0, 0.1) is 0 Å². The molecular weight excluding hydrogens is 428 g/mol. The zero-order valence-electron chi connectivity index (χ0n) is 19.5. The number of carboxylic acids is 1. The second-order valence-electron chi connectivity index (χ2n) is 9.32. The first-order valence-electron chi connectivity index (χ1n) is 12.3. The maximum Gasteiger partial charge on any atom is 0.335 e. The first-order chi connectivity index (χ1) is 17.2. The highest BCUT2D eigenvalue weighted by Gasteiger charge is 2.13. The number of fused-ring (bicyclic) bond motifs is 8. The van der Waals surface area contributed by atoms with E-state index in [2.05, 4.69) is 60.7 Å². The van der Waals surface area contributed by atoms with Crippen molar-refractivity contribution < 1.29 is 9.90 Å². The maximum atomic E-state index is 10.9. The number of aromatic carboxylic acids is 1. The van der Waals surface area contributed by atoms with E-state index in [0.717, 1.165) is 16.2 Å². The summed E-state index contributed by atoms with van der Waals surface area (Å²) < 4.78 is 0. The lowest BCUT2D eigenvalue weighted by Crippen LogP contribution is -2.02. The molecule has 0 aliphatic heterocycles. The van der Waals surface area contributed by atoms with Crippen LogP contribution in [0.5, 0.6) is 0 Å². The number of aryl methyl sites for hydroxylation is 2. The van der Waals surface area contributed by atoms with Gasteiger partial charge in [0.15, 0.2) is 0 Å². The summed E-state index contributed by atoms with van der Waals surface area (Å²) in [4.78, 5) is 10.9. The van der Waals surface area contributed by atoms with Crippen molar-refractivity contribution in [3.8, 4) is 0 Å². The van der Waals surface area contributed by atoms with E-state index >= 15 is 0 Å². The van der Waals surface area contributed by atoms with Crippen molar-refractivity contribution in [3.63, 3.8) is 0 Å². The number of benzene rings is 6. The van der Waals surface area contributed by atoms with Crippen LogP contribution in [0.25, 0.3) is 43.1 Å². The first-order valence-corrected chi connectivity index (χ1v) is 12.3. The third kappa shape index (κ3) is 3.91. The van der Waals surface area contributed by atoms with E-state index in [1.807, 2.05) is 30.3 Å². The molecule has 35 heavy (non-hydrogen) atoms. The molecule has 0 radical (unpaired) electrons. The summed E-state index contributed by atoms with van der Waals surface area (Å²) in [5.41, 5.74) is 3.50. The molecule has 2 nitrogen and oxygen atoms in total. The number of carboxylic acid groups (broad SMARTS) is 1. The molecule has 1 N–H and O–H groups in total. The van der Waals surface area contributed by atoms with Gasteiger partial charge >= 0.3 is 5.97 Å². The second kappa shape index (κ2) is 8.88. The van der Waals surface area contributed by atoms with Gasteiger partial charge in [-0.15, -0.1) is 0 Å². The predicted octanol–water partition coefficient (Wildman–Crippen LogP) is 8.56. The van der Waals surface area contributed by atoms with Gasteiger partial charge in [0.2, 0.25) is 0 Å². The first kappa shape index (κ1) is 21.4. The fraction of sp³-hybridized carbons (Fsp3) is 0.121. The fourth-order valence-corrected chi connectivity index (χ4v) is 5.49. The molecule has 0 saturated carbocycles. The van der Waals surface area contributed by atoms with Crippen LogP contribution in [-0.4, -0.2) is 11.1 Å². The van der Waals surface area contributed by atoms with E-state index in [1.165, 1.54) is 52.6 Å². The molecule has 0 amide bonds. The maximum absolute atomic E-state index is 10.9. The van der Waals surface area contributed by atoms with Crippen LogP contribution in [-0.2, 0) is 12.8 Å². The molecule has 170 valence electrons. The Balaban J connectivity index is 0.000000131. The van der Waals surface area contributed by atoms with Crippen LogP contribution in [0.1, 0.15) is 34.3 Å². The molecule has 0 unspecified atom stereocenters. The molecule has 6 aromatic carbocycles. The van der Waals surface area contributed by atoms with E-state index in [-0.39, 0.29) is 0 Å². The van der Waals surface area contributed by atoms with Gasteiger partial charge in [0.1, 0.15) is 0 Å². The summed E-state index contributed by atoms with van der Waals surface area (Å²) in [5.74, 6) is -0.889. The van der Waals surface area contributed by atoms with Crippen LogP contribution in [0.2, 0.25) is 0 Å². The van der Waals surface area contributed by atoms with Crippen LogP contribution < -0.4 is 0 Å². The van der Waals surface area contributed by atoms with Gasteiger partial charge in [-0.1, -0.05) is 91.0 Å². The zero-order chi connectivity index (χ0) is 23.8. The van der Waals surface area contributed by atoms with E-state index in [0.29, 0.717) is 5.56 Å². The van der Waals surface area contributed by atoms with Gasteiger partial charge in [0.05, 0.1) is 5.56 Å². The summed E-state index contributed by atoms with van der Waals surface area (Å²) in [6.07, 6.45) is 5.22. The van der Waals surface area contributed by atoms with Crippen LogP contribution in [0.4, 0.5) is 0 Å². The van der Waals surface area contributed by atoms with Gasteiger partial charge in [-0.2, -0.15) is 0 Å². The van der Waals surface area contributed by atoms with Crippen molar-refractivity contribution in [2.24, 2.45) is 0 Å². The lowest BCUT2D eigenvalue weighted by atomic mass is 9.86. The van der Waals surface area contributed by atoms with Gasteiger partial charge in [-0.3, -0.25) is 0 Å². The SMILES string of the molecule is O=C(O)c1ccc2c(ccc3ccccc32)c1.c1ccc2c(c1)ccc1c3c(ccc12)CCCC3. The molecule has 0 heterocycles. The average molecular weight is 455 g/mol. The zero-order valence-corrected chi connectivity index (χ0v) is 19.5. The molecule has 0 fully saturated rings. The van der Waals surface area contributed by atoms with E-state index < -0.39 is 5.97 Å². The molecule has 0 saturated heterocycles. The van der Waals surface area contributed by atoms with Crippen molar-refractivity contribution in [1.82, 2.24) is 0 Å². The van der Waals surface area contributed by atoms with E-state index in [9.17, 15) is 4.79 Å². The minimum Gasteiger partial charge on any atom is -0.478 e. The Hall–Kier alpha value is -4.17. The van der Waals surface area contributed by atoms with Gasteiger partial charge in [-0.25, -0.2) is 4.79 Å². The molecule has 6 aromatic rings. The van der Waals surface area contributed by atoms with Crippen molar-refractivity contribution in [2.45, 2.75) is 25.7 Å². The lowest BCUT2D eigenvalue weighted by Gasteiger charge is -2.18. The van der Waals surface area contributed by atoms with E-state index in [4.69, 9.17) is 5.11 Å². The molecule has 0 aromatic heterocycles. The molecule has 0 bridgehead atoms. The van der Waals surface area contributed by atoms with E-state index in [1.54, 1.807) is 23.3 Å². The monoisotopic (exact) mass is 454 g/mol. The number of hydrogen-bond donors (Lipinski definition) is 1. The molecule has 7 rings (SSSR count). The molecule has 0 spiro atoms. The Morgan fingerprint density at radius 3 is 1.89 bits per heavy atom. The summed E-state index contributed by atoms with van der Waals surface area (Å²) in [5, 5.41) is 19.0. The highest BCUT2D eigenvalue weighted by Crippen LogP contribution is 2.33. The van der Waals surface area contributed by atoms with Gasteiger partial charge < -0.3 is 5.11 Å². The molecular formula is C33H26O2. The minimum atomic E-state index is -0.889. The average Bonchev–Trinajstić information content (AvgIpc) is 2.92. The largest absolute Gasteiger partial charge is 0.478 e. The highest BCUT2D eigenvalue weighted by atomic mass is 16.4. The lowest BCUT2D eigenvalue weighted by molar-refractivity contribution is 0.0697. The van der Waals surface area contributed by atoms with Crippen LogP contribution >= 0.6 is 0 Å². The summed E-state index contributed by atoms with van der Waals surface area (Å²) >= 11 is 0. The summed E-state index contributed by atoms with van der Waals surface area (Å²) in [6.45, 7) is 0. The van der Waals surface area contributed by atoms with Crippen molar-refractivity contribution >= 4 is 49.1 Å². The highest BCUT2D eigenvalue weighted by molar-refractivity contribution is 6.09. The number of carbonyl (C=O) groups is 1. The molecule has 1 aliphatic carbocycles. The second-order valence-corrected chi connectivity index (χ2v) is 9.32. The van der Waals surface area contributed by atoms with Gasteiger partial charge in [-0.05, 0) is 92.0 Å². The predicted molar refractivity (Wildman–Crippen MR) is 147 cm³/mol. The molecule has 1 aliphatic rings. The quantitative estimate of drug-likeness (QED) is 0.253. The Morgan fingerprint density at radius 2 is 1.11 bits per heavy atom. The Kier molecular flexibility index (Phi) is 5.42. The Morgan fingerprint density at radius 1 is 0.543 bits per heavy atom. The standard InChI is InChI=1S/C18H16.C15H10O2/c1-3-7-15-13(5-1)9-11-18-16-8-4-2-6-14(16)10-12-17(15)18;16-15(17)12-7-8-14-11(9-12)6-5-10-3-1-2-4-13(10)14/h1,3,5,7,9-12H,2,4,6,8H2;1-9H,(H,16,17). The third-order valence-corrected chi connectivity index (χ3v) is 7.25. The topological polar surface area (TPSA) is 37.3 Å². The van der Waals surface area contributed by atoms with Crippen molar-refractivity contribution in [3.05, 3.63) is 120 Å². The Bertz CT molecular complexity index is 1730. The Labute approximate surface area is 204 Å². The number of hydrogen-bond acceptors (Lipinski definition) is 1. The smallest absolute Gasteiger partial charge is 0.335 e.